The fourth-order valence-electron chi connectivity index (χ4n) is 2.98. The average Bonchev–Trinajstić information content (AvgIpc) is 2.99. The number of hydrogen-bond donors (Lipinski definition) is 1. The Bertz CT molecular complexity index is 1060. The molecule has 1 N–H and O–H groups in total. The molecule has 0 radical (unpaired) electrons. The van der Waals surface area contributed by atoms with Gasteiger partial charge < -0.3 is 10.1 Å². The molecule has 0 saturated heterocycles. The van der Waals surface area contributed by atoms with E-state index < -0.39 is 11.8 Å². The fourth-order valence-corrected chi connectivity index (χ4v) is 2.98. The van der Waals surface area contributed by atoms with Crippen LogP contribution in [0.1, 0.15) is 26.4 Å². The summed E-state index contributed by atoms with van der Waals surface area (Å²) < 4.78 is 5.45. The van der Waals surface area contributed by atoms with Crippen molar-refractivity contribution in [3.8, 4) is 5.75 Å². The van der Waals surface area contributed by atoms with Crippen molar-refractivity contribution >= 4 is 29.1 Å². The molecule has 0 aliphatic carbocycles. The fraction of sp³-hybridized carbons (Fsp3) is 0.0909. The topological polar surface area (TPSA) is 88.6 Å². The van der Waals surface area contributed by atoms with Crippen molar-refractivity contribution in [3.05, 3.63) is 83.7 Å². The zero-order valence-electron chi connectivity index (χ0n) is 15.6. The van der Waals surface area contributed by atoms with Crippen LogP contribution in [0.5, 0.6) is 5.75 Å². The van der Waals surface area contributed by atoms with Crippen LogP contribution in [-0.2, 0) is 4.79 Å². The van der Waals surface area contributed by atoms with Gasteiger partial charge in [-0.3, -0.25) is 19.4 Å². The molecule has 1 aliphatic heterocycles. The molecule has 3 aromatic rings. The number of pyridine rings is 1. The molecule has 1 aromatic heterocycles. The molecule has 0 atom stereocenters. The number of aromatic nitrogens is 1. The highest BCUT2D eigenvalue weighted by Crippen LogP contribution is 2.27. The maximum Gasteiger partial charge on any atom is 0.284 e. The Balaban J connectivity index is 1.39. The number of amides is 3. The standard InChI is InChI=1S/C22H17N3O4/c1-14-4-10-17(11-5-14)29-13-19(26)24-15-6-8-16(9-7-15)25-21(27)18-3-2-12-23-20(18)22(25)28/h2-12H,13H2,1H3,(H,24,26). The second-order valence-electron chi connectivity index (χ2n) is 6.54. The van der Waals surface area contributed by atoms with Crippen molar-refractivity contribution in [2.24, 2.45) is 0 Å². The van der Waals surface area contributed by atoms with Gasteiger partial charge in [-0.05, 0) is 55.5 Å². The molecule has 2 heterocycles. The second-order valence-corrected chi connectivity index (χ2v) is 6.54. The molecule has 0 saturated carbocycles. The minimum atomic E-state index is -0.464. The lowest BCUT2D eigenvalue weighted by Gasteiger charge is -2.14. The van der Waals surface area contributed by atoms with Crippen LogP contribution in [-0.4, -0.2) is 29.3 Å². The Hall–Kier alpha value is -4.00. The Morgan fingerprint density at radius 2 is 1.72 bits per heavy atom. The second kappa shape index (κ2) is 7.55. The van der Waals surface area contributed by atoms with E-state index in [1.54, 1.807) is 48.5 Å². The van der Waals surface area contributed by atoms with Gasteiger partial charge in [-0.15, -0.1) is 0 Å². The van der Waals surface area contributed by atoms with Gasteiger partial charge in [-0.1, -0.05) is 17.7 Å². The van der Waals surface area contributed by atoms with Gasteiger partial charge in [0.25, 0.3) is 17.7 Å². The highest BCUT2D eigenvalue weighted by molar-refractivity contribution is 6.33. The van der Waals surface area contributed by atoms with Gasteiger partial charge in [0, 0.05) is 11.9 Å². The molecule has 29 heavy (non-hydrogen) atoms. The van der Waals surface area contributed by atoms with Crippen LogP contribution in [0.2, 0.25) is 0 Å². The van der Waals surface area contributed by atoms with Gasteiger partial charge in [0.1, 0.15) is 11.4 Å². The lowest BCUT2D eigenvalue weighted by Crippen LogP contribution is -2.29. The summed E-state index contributed by atoms with van der Waals surface area (Å²) in [7, 11) is 0. The Morgan fingerprint density at radius 3 is 2.41 bits per heavy atom. The van der Waals surface area contributed by atoms with Gasteiger partial charge in [0.05, 0.1) is 11.3 Å². The smallest absolute Gasteiger partial charge is 0.284 e. The number of aryl methyl sites for hydroxylation is 1. The predicted octanol–water partition coefficient (Wildman–Crippen LogP) is 3.21. The molecular weight excluding hydrogens is 370 g/mol. The van der Waals surface area contributed by atoms with Crippen LogP contribution >= 0.6 is 0 Å². The van der Waals surface area contributed by atoms with Crippen molar-refractivity contribution in [1.82, 2.24) is 4.98 Å². The molecule has 0 unspecified atom stereocenters. The largest absolute Gasteiger partial charge is 0.484 e. The predicted molar refractivity (Wildman–Crippen MR) is 107 cm³/mol. The Kier molecular flexibility index (Phi) is 4.78. The van der Waals surface area contributed by atoms with Crippen molar-refractivity contribution in [1.29, 1.82) is 0 Å². The van der Waals surface area contributed by atoms with Crippen molar-refractivity contribution in [3.63, 3.8) is 0 Å². The quantitative estimate of drug-likeness (QED) is 0.679. The maximum atomic E-state index is 12.5. The molecule has 2 aromatic carbocycles. The third kappa shape index (κ3) is 3.70. The molecular formula is C22H17N3O4. The highest BCUT2D eigenvalue weighted by Gasteiger charge is 2.37. The minimum Gasteiger partial charge on any atom is -0.484 e. The number of imide groups is 1. The van der Waals surface area contributed by atoms with E-state index in [1.807, 2.05) is 19.1 Å². The molecule has 7 heteroatoms. The first kappa shape index (κ1) is 18.4. The average molecular weight is 387 g/mol. The summed E-state index contributed by atoms with van der Waals surface area (Å²) in [6.07, 6.45) is 1.48. The highest BCUT2D eigenvalue weighted by atomic mass is 16.5. The van der Waals surface area contributed by atoms with Gasteiger partial charge >= 0.3 is 0 Å². The van der Waals surface area contributed by atoms with Crippen LogP contribution in [0.4, 0.5) is 11.4 Å². The third-order valence-electron chi connectivity index (χ3n) is 4.45. The molecule has 0 fully saturated rings. The summed E-state index contributed by atoms with van der Waals surface area (Å²) in [6.45, 7) is 1.84. The van der Waals surface area contributed by atoms with Crippen LogP contribution < -0.4 is 15.0 Å². The van der Waals surface area contributed by atoms with E-state index in [0.717, 1.165) is 10.5 Å². The van der Waals surface area contributed by atoms with Crippen LogP contribution in [0.15, 0.2) is 66.9 Å². The van der Waals surface area contributed by atoms with E-state index in [-0.39, 0.29) is 23.8 Å². The SMILES string of the molecule is Cc1ccc(OCC(=O)Nc2ccc(N3C(=O)c4cccnc4C3=O)cc2)cc1. The number of nitrogens with one attached hydrogen (secondary N) is 1. The van der Waals surface area contributed by atoms with E-state index >= 15 is 0 Å². The summed E-state index contributed by atoms with van der Waals surface area (Å²) in [4.78, 5) is 42.1. The number of fused-ring (bicyclic) bond motifs is 1. The Morgan fingerprint density at radius 1 is 1.00 bits per heavy atom. The first-order valence-corrected chi connectivity index (χ1v) is 8.96. The number of ether oxygens (including phenoxy) is 1. The normalized spacial score (nSPS) is 12.7. The van der Waals surface area contributed by atoms with E-state index in [4.69, 9.17) is 4.74 Å². The first-order valence-electron chi connectivity index (χ1n) is 8.96. The van der Waals surface area contributed by atoms with Gasteiger partial charge in [0.2, 0.25) is 0 Å². The van der Waals surface area contributed by atoms with Crippen LogP contribution in [0, 0.1) is 6.92 Å². The summed E-state index contributed by atoms with van der Waals surface area (Å²) in [5, 5.41) is 2.72. The third-order valence-corrected chi connectivity index (χ3v) is 4.45. The number of carbonyl (C=O) groups excluding carboxylic acids is 3. The van der Waals surface area contributed by atoms with E-state index in [0.29, 0.717) is 17.1 Å². The summed E-state index contributed by atoms with van der Waals surface area (Å²) in [6, 6.07) is 17.0. The molecule has 0 spiro atoms. The van der Waals surface area contributed by atoms with Crippen molar-refractivity contribution in [2.75, 3.05) is 16.8 Å². The van der Waals surface area contributed by atoms with E-state index in [1.165, 1.54) is 6.20 Å². The van der Waals surface area contributed by atoms with Crippen LogP contribution in [0.25, 0.3) is 0 Å². The molecule has 7 nitrogen and oxygen atoms in total. The molecule has 1 aliphatic rings. The number of hydrogen-bond acceptors (Lipinski definition) is 5. The first-order chi connectivity index (χ1) is 14.0. The van der Waals surface area contributed by atoms with Crippen molar-refractivity contribution in [2.45, 2.75) is 6.92 Å². The molecule has 144 valence electrons. The number of carbonyl (C=O) groups is 3. The lowest BCUT2D eigenvalue weighted by atomic mass is 10.2. The molecule has 4 rings (SSSR count). The van der Waals surface area contributed by atoms with Gasteiger partial charge in [-0.25, -0.2) is 4.90 Å². The summed E-state index contributed by atoms with van der Waals surface area (Å²) in [5.74, 6) is -0.584. The number of anilines is 2. The zero-order chi connectivity index (χ0) is 20.4. The van der Waals surface area contributed by atoms with Crippen LogP contribution in [0.3, 0.4) is 0 Å². The lowest BCUT2D eigenvalue weighted by molar-refractivity contribution is -0.118. The monoisotopic (exact) mass is 387 g/mol. The van der Waals surface area contributed by atoms with Crippen molar-refractivity contribution < 1.29 is 19.1 Å². The molecule has 0 bridgehead atoms. The summed E-state index contributed by atoms with van der Waals surface area (Å²) >= 11 is 0. The maximum absolute atomic E-state index is 12.5. The Labute approximate surface area is 166 Å². The van der Waals surface area contributed by atoms with Gasteiger partial charge in [-0.2, -0.15) is 0 Å². The van der Waals surface area contributed by atoms with Gasteiger partial charge in [0.15, 0.2) is 6.61 Å². The molecule has 3 amide bonds. The summed E-state index contributed by atoms with van der Waals surface area (Å²) in [5.41, 5.74) is 2.47. The van der Waals surface area contributed by atoms with E-state index in [9.17, 15) is 14.4 Å². The minimum absolute atomic E-state index is 0.130. The van der Waals surface area contributed by atoms with E-state index in [2.05, 4.69) is 10.3 Å². The zero-order valence-corrected chi connectivity index (χ0v) is 15.6. The number of rotatable bonds is 5. The number of benzene rings is 2. The number of nitrogens with zero attached hydrogens (tertiary/aromatic N) is 2.